The van der Waals surface area contributed by atoms with Gasteiger partial charge in [-0.3, -0.25) is 4.90 Å². The number of carbonyl (C=O) groups is 1. The first kappa shape index (κ1) is 19.2. The van der Waals surface area contributed by atoms with Crippen LogP contribution in [0.1, 0.15) is 54.4 Å². The Kier molecular flexibility index (Phi) is 31.5. The average Bonchev–Trinajstić information content (AvgIpc) is 2.25. The Hall–Kier alpha value is -0.370. The minimum absolute atomic E-state index is 0.599. The Morgan fingerprint density at radius 3 is 1.50 bits per heavy atom. The molecule has 88 valence electrons. The number of aldehydes is 1. The molecule has 0 aliphatic heterocycles. The van der Waals surface area contributed by atoms with Crippen molar-refractivity contribution in [2.45, 2.75) is 54.4 Å². The van der Waals surface area contributed by atoms with Crippen molar-refractivity contribution in [3.63, 3.8) is 0 Å². The molecule has 0 aromatic rings. The van der Waals surface area contributed by atoms with Crippen molar-refractivity contribution in [3.8, 4) is 0 Å². The summed E-state index contributed by atoms with van der Waals surface area (Å²) in [6.45, 7) is 15.0. The standard InChI is InChI=1S/C8H17NO.2C2H6/c1-3-5-9(6-4-2)7-8-10;2*1-2/h8H,3-7H2,1-2H3;2*1-2H3. The summed E-state index contributed by atoms with van der Waals surface area (Å²) >= 11 is 0. The first-order valence-electron chi connectivity index (χ1n) is 6.01. The number of nitrogens with zero attached hydrogens (tertiary/aromatic N) is 1. The van der Waals surface area contributed by atoms with Crippen LogP contribution in [0.5, 0.6) is 0 Å². The highest BCUT2D eigenvalue weighted by Crippen LogP contribution is 1.90. The van der Waals surface area contributed by atoms with Crippen molar-refractivity contribution in [3.05, 3.63) is 0 Å². The lowest BCUT2D eigenvalue weighted by atomic mass is 10.3. The fourth-order valence-corrected chi connectivity index (χ4v) is 1.03. The second-order valence-corrected chi connectivity index (χ2v) is 2.47. The molecule has 0 aliphatic rings. The SMILES string of the molecule is CC.CC.CCCN(CC=O)CCC. The number of hydrogen-bond donors (Lipinski definition) is 0. The van der Waals surface area contributed by atoms with Crippen molar-refractivity contribution in [2.75, 3.05) is 19.6 Å². The van der Waals surface area contributed by atoms with E-state index in [9.17, 15) is 4.79 Å². The van der Waals surface area contributed by atoms with E-state index in [0.29, 0.717) is 6.54 Å². The minimum Gasteiger partial charge on any atom is -0.302 e. The molecule has 0 saturated carbocycles. The van der Waals surface area contributed by atoms with E-state index in [1.54, 1.807) is 0 Å². The van der Waals surface area contributed by atoms with E-state index >= 15 is 0 Å². The van der Waals surface area contributed by atoms with E-state index in [0.717, 1.165) is 32.2 Å². The summed E-state index contributed by atoms with van der Waals surface area (Å²) in [5, 5.41) is 0. The zero-order valence-corrected chi connectivity index (χ0v) is 11.0. The summed E-state index contributed by atoms with van der Waals surface area (Å²) in [6, 6.07) is 0. The Balaban J connectivity index is -0.000000266. The summed E-state index contributed by atoms with van der Waals surface area (Å²) < 4.78 is 0. The maximum Gasteiger partial charge on any atom is 0.133 e. The topological polar surface area (TPSA) is 20.3 Å². The van der Waals surface area contributed by atoms with Crippen LogP contribution in [-0.4, -0.2) is 30.8 Å². The number of carbonyl (C=O) groups excluding carboxylic acids is 1. The van der Waals surface area contributed by atoms with Crippen molar-refractivity contribution >= 4 is 6.29 Å². The van der Waals surface area contributed by atoms with Crippen LogP contribution in [0, 0.1) is 0 Å². The molecule has 2 heteroatoms. The first-order chi connectivity index (χ1) is 6.85. The van der Waals surface area contributed by atoms with Gasteiger partial charge >= 0.3 is 0 Å². The molecule has 0 heterocycles. The predicted octanol–water partition coefficient (Wildman–Crippen LogP) is 3.36. The highest BCUT2D eigenvalue weighted by Gasteiger charge is 1.98. The fraction of sp³-hybridized carbons (Fsp3) is 0.917. The van der Waals surface area contributed by atoms with Gasteiger partial charge in [0.05, 0.1) is 6.54 Å². The molecule has 0 fully saturated rings. The molecule has 0 aromatic carbocycles. The van der Waals surface area contributed by atoms with E-state index in [4.69, 9.17) is 0 Å². The van der Waals surface area contributed by atoms with Gasteiger partial charge in [0.1, 0.15) is 6.29 Å². The molecule has 0 unspecified atom stereocenters. The Bertz CT molecular complexity index is 78.4. The van der Waals surface area contributed by atoms with Gasteiger partial charge in [-0.05, 0) is 25.9 Å². The lowest BCUT2D eigenvalue weighted by Crippen LogP contribution is -2.27. The van der Waals surface area contributed by atoms with E-state index in [-0.39, 0.29) is 0 Å². The maximum atomic E-state index is 10.1. The molecule has 0 radical (unpaired) electrons. The first-order valence-corrected chi connectivity index (χ1v) is 6.01. The van der Waals surface area contributed by atoms with Crippen LogP contribution in [-0.2, 0) is 4.79 Å². The molecule has 0 atom stereocenters. The summed E-state index contributed by atoms with van der Waals surface area (Å²) in [5.41, 5.74) is 0. The third kappa shape index (κ3) is 17.6. The van der Waals surface area contributed by atoms with Crippen LogP contribution in [0.25, 0.3) is 0 Å². The highest BCUT2D eigenvalue weighted by atomic mass is 16.1. The molecule has 2 nitrogen and oxygen atoms in total. The highest BCUT2D eigenvalue weighted by molar-refractivity contribution is 5.51. The van der Waals surface area contributed by atoms with Crippen LogP contribution in [0.4, 0.5) is 0 Å². The maximum absolute atomic E-state index is 10.1. The van der Waals surface area contributed by atoms with Crippen LogP contribution in [0.3, 0.4) is 0 Å². The molecule has 0 rings (SSSR count). The lowest BCUT2D eigenvalue weighted by molar-refractivity contribution is -0.108. The van der Waals surface area contributed by atoms with Crippen molar-refractivity contribution < 1.29 is 4.79 Å². The Labute approximate surface area is 90.7 Å². The number of hydrogen-bond acceptors (Lipinski definition) is 2. The summed E-state index contributed by atoms with van der Waals surface area (Å²) in [7, 11) is 0. The molecular formula is C12H29NO. The third-order valence-electron chi connectivity index (χ3n) is 1.41. The smallest absolute Gasteiger partial charge is 0.133 e. The van der Waals surface area contributed by atoms with Crippen molar-refractivity contribution in [1.29, 1.82) is 0 Å². The second-order valence-electron chi connectivity index (χ2n) is 2.47. The fourth-order valence-electron chi connectivity index (χ4n) is 1.03. The molecule has 0 spiro atoms. The third-order valence-corrected chi connectivity index (χ3v) is 1.41. The van der Waals surface area contributed by atoms with E-state index in [2.05, 4.69) is 18.7 Å². The lowest BCUT2D eigenvalue weighted by Gasteiger charge is -2.16. The molecule has 14 heavy (non-hydrogen) atoms. The molecule has 0 bridgehead atoms. The largest absolute Gasteiger partial charge is 0.302 e. The van der Waals surface area contributed by atoms with E-state index in [1.807, 2.05) is 27.7 Å². The predicted molar refractivity (Wildman–Crippen MR) is 65.8 cm³/mol. The van der Waals surface area contributed by atoms with Gasteiger partial charge in [0, 0.05) is 0 Å². The van der Waals surface area contributed by atoms with Crippen LogP contribution >= 0.6 is 0 Å². The van der Waals surface area contributed by atoms with Gasteiger partial charge < -0.3 is 4.79 Å². The summed E-state index contributed by atoms with van der Waals surface area (Å²) in [5.74, 6) is 0. The van der Waals surface area contributed by atoms with Gasteiger partial charge in [-0.1, -0.05) is 41.5 Å². The monoisotopic (exact) mass is 203 g/mol. The van der Waals surface area contributed by atoms with Gasteiger partial charge in [0.2, 0.25) is 0 Å². The van der Waals surface area contributed by atoms with E-state index in [1.165, 1.54) is 0 Å². The van der Waals surface area contributed by atoms with Gasteiger partial charge in [0.15, 0.2) is 0 Å². The zero-order chi connectivity index (χ0) is 11.8. The molecule has 0 aliphatic carbocycles. The van der Waals surface area contributed by atoms with Gasteiger partial charge in [-0.15, -0.1) is 0 Å². The van der Waals surface area contributed by atoms with Crippen LogP contribution in [0.2, 0.25) is 0 Å². The van der Waals surface area contributed by atoms with Crippen molar-refractivity contribution in [1.82, 2.24) is 4.90 Å². The molecular weight excluding hydrogens is 174 g/mol. The van der Waals surface area contributed by atoms with Crippen LogP contribution in [0.15, 0.2) is 0 Å². The Morgan fingerprint density at radius 2 is 1.29 bits per heavy atom. The molecule has 0 amide bonds. The van der Waals surface area contributed by atoms with Gasteiger partial charge in [0.25, 0.3) is 0 Å². The zero-order valence-electron chi connectivity index (χ0n) is 11.0. The summed E-state index contributed by atoms with van der Waals surface area (Å²) in [6.07, 6.45) is 3.24. The Morgan fingerprint density at radius 1 is 0.929 bits per heavy atom. The van der Waals surface area contributed by atoms with E-state index < -0.39 is 0 Å². The normalized spacial score (nSPS) is 8.21. The quantitative estimate of drug-likeness (QED) is 0.617. The van der Waals surface area contributed by atoms with Gasteiger partial charge in [-0.25, -0.2) is 0 Å². The number of rotatable bonds is 6. The second kappa shape index (κ2) is 22.9. The van der Waals surface area contributed by atoms with Gasteiger partial charge in [-0.2, -0.15) is 0 Å². The molecule has 0 aromatic heterocycles. The minimum atomic E-state index is 0.599. The summed E-state index contributed by atoms with van der Waals surface area (Å²) in [4.78, 5) is 12.3. The van der Waals surface area contributed by atoms with Crippen LogP contribution < -0.4 is 0 Å². The average molecular weight is 203 g/mol. The van der Waals surface area contributed by atoms with Crippen molar-refractivity contribution in [2.24, 2.45) is 0 Å². The molecule has 0 saturated heterocycles. The molecule has 0 N–H and O–H groups in total.